The van der Waals surface area contributed by atoms with Crippen LogP contribution in [0.1, 0.15) is 5.76 Å². The van der Waals surface area contributed by atoms with Crippen molar-refractivity contribution >= 4 is 45.2 Å². The lowest BCUT2D eigenvalue weighted by Gasteiger charge is -1.93. The van der Waals surface area contributed by atoms with Crippen LogP contribution >= 0.6 is 34.2 Å². The Morgan fingerprint density at radius 1 is 1.33 bits per heavy atom. The highest BCUT2D eigenvalue weighted by molar-refractivity contribution is 14.1. The Labute approximate surface area is 88.8 Å². The summed E-state index contributed by atoms with van der Waals surface area (Å²) in [7, 11) is 0. The van der Waals surface area contributed by atoms with Gasteiger partial charge in [-0.05, 0) is 47.7 Å². The number of rotatable bonds is 0. The maximum atomic E-state index is 5.89. The minimum atomic E-state index is 0.757. The second kappa shape index (κ2) is 2.92. The Bertz CT molecular complexity index is 433. The number of hydrogen-bond donors (Lipinski definition) is 0. The number of benzene rings is 1. The molecular formula is C9H6ClIO. The van der Waals surface area contributed by atoms with Crippen LogP contribution in [0.4, 0.5) is 0 Å². The molecule has 2 aromatic rings. The fourth-order valence-electron chi connectivity index (χ4n) is 1.20. The van der Waals surface area contributed by atoms with Crippen LogP contribution in [0, 0.1) is 10.5 Å². The van der Waals surface area contributed by atoms with Gasteiger partial charge in [0.2, 0.25) is 0 Å². The van der Waals surface area contributed by atoms with Gasteiger partial charge in [0.25, 0.3) is 0 Å². The van der Waals surface area contributed by atoms with Crippen molar-refractivity contribution in [3.8, 4) is 0 Å². The zero-order valence-electron chi connectivity index (χ0n) is 6.40. The first-order valence-corrected chi connectivity index (χ1v) is 4.97. The lowest BCUT2D eigenvalue weighted by atomic mass is 10.2. The van der Waals surface area contributed by atoms with Crippen molar-refractivity contribution in [1.82, 2.24) is 0 Å². The maximum Gasteiger partial charge on any atom is 0.147 e. The highest BCUT2D eigenvalue weighted by Crippen LogP contribution is 2.27. The molecule has 0 N–H and O–H groups in total. The molecule has 0 aliphatic carbocycles. The molecule has 1 aromatic heterocycles. The van der Waals surface area contributed by atoms with Gasteiger partial charge < -0.3 is 4.42 Å². The van der Waals surface area contributed by atoms with Gasteiger partial charge in [0.05, 0.1) is 3.57 Å². The molecule has 0 aliphatic rings. The van der Waals surface area contributed by atoms with Crippen LogP contribution in [-0.2, 0) is 0 Å². The number of aryl methyl sites for hydroxylation is 1. The molecule has 3 heteroatoms. The molecule has 0 amide bonds. The summed E-state index contributed by atoms with van der Waals surface area (Å²) < 4.78 is 6.55. The van der Waals surface area contributed by atoms with Crippen LogP contribution in [0.5, 0.6) is 0 Å². The van der Waals surface area contributed by atoms with Crippen molar-refractivity contribution < 1.29 is 4.42 Å². The Balaban J connectivity index is 2.88. The van der Waals surface area contributed by atoms with Crippen LogP contribution in [0.3, 0.4) is 0 Å². The third-order valence-corrected chi connectivity index (χ3v) is 2.68. The van der Waals surface area contributed by atoms with Crippen LogP contribution in [0.2, 0.25) is 5.02 Å². The van der Waals surface area contributed by atoms with E-state index in [0.29, 0.717) is 0 Å². The molecule has 1 aromatic carbocycles. The summed E-state index contributed by atoms with van der Waals surface area (Å²) in [4.78, 5) is 0. The Kier molecular flexibility index (Phi) is 2.04. The molecular weight excluding hydrogens is 286 g/mol. The van der Waals surface area contributed by atoms with Crippen molar-refractivity contribution in [1.29, 1.82) is 0 Å². The summed E-state index contributed by atoms with van der Waals surface area (Å²) in [5, 5.41) is 1.83. The third-order valence-electron chi connectivity index (χ3n) is 1.66. The number of halogens is 2. The van der Waals surface area contributed by atoms with E-state index in [1.807, 2.05) is 25.1 Å². The largest absolute Gasteiger partial charge is 0.460 e. The predicted molar refractivity (Wildman–Crippen MR) is 58.7 cm³/mol. The van der Waals surface area contributed by atoms with E-state index in [2.05, 4.69) is 22.6 Å². The normalized spacial score (nSPS) is 10.9. The summed E-state index contributed by atoms with van der Waals surface area (Å²) in [5.74, 6) is 0.921. The number of furan rings is 1. The van der Waals surface area contributed by atoms with E-state index in [0.717, 1.165) is 25.3 Å². The van der Waals surface area contributed by atoms with Gasteiger partial charge >= 0.3 is 0 Å². The van der Waals surface area contributed by atoms with Gasteiger partial charge in [0.1, 0.15) is 11.3 Å². The van der Waals surface area contributed by atoms with Gasteiger partial charge in [0, 0.05) is 10.4 Å². The highest BCUT2D eigenvalue weighted by atomic mass is 127. The van der Waals surface area contributed by atoms with Gasteiger partial charge in [-0.1, -0.05) is 11.6 Å². The van der Waals surface area contributed by atoms with Crippen LogP contribution in [0.25, 0.3) is 11.0 Å². The van der Waals surface area contributed by atoms with Crippen molar-refractivity contribution in [2.75, 3.05) is 0 Å². The zero-order valence-corrected chi connectivity index (χ0v) is 9.31. The monoisotopic (exact) mass is 292 g/mol. The van der Waals surface area contributed by atoms with E-state index in [1.54, 1.807) is 0 Å². The molecule has 1 nitrogen and oxygen atoms in total. The molecule has 62 valence electrons. The highest BCUT2D eigenvalue weighted by Gasteiger charge is 2.05. The Morgan fingerprint density at radius 3 is 2.83 bits per heavy atom. The maximum absolute atomic E-state index is 5.89. The molecule has 0 bridgehead atoms. The molecule has 12 heavy (non-hydrogen) atoms. The van der Waals surface area contributed by atoms with Crippen LogP contribution in [0.15, 0.2) is 22.6 Å². The molecule has 0 spiro atoms. The number of hydrogen-bond acceptors (Lipinski definition) is 1. The van der Waals surface area contributed by atoms with Crippen LogP contribution < -0.4 is 0 Å². The Hall–Kier alpha value is -0.220. The molecule has 0 atom stereocenters. The molecule has 0 aliphatic heterocycles. The van der Waals surface area contributed by atoms with Gasteiger partial charge in [-0.25, -0.2) is 0 Å². The molecule has 0 radical (unpaired) electrons. The van der Waals surface area contributed by atoms with Crippen molar-refractivity contribution in [2.45, 2.75) is 6.92 Å². The van der Waals surface area contributed by atoms with E-state index in [4.69, 9.17) is 16.0 Å². The fraction of sp³-hybridized carbons (Fsp3) is 0.111. The summed E-state index contributed by atoms with van der Waals surface area (Å²) in [6, 6.07) is 5.80. The molecule has 0 saturated heterocycles. The Morgan fingerprint density at radius 2 is 2.08 bits per heavy atom. The van der Waals surface area contributed by atoms with Gasteiger partial charge in [-0.2, -0.15) is 0 Å². The van der Waals surface area contributed by atoms with E-state index in [9.17, 15) is 0 Å². The SMILES string of the molecule is Cc1cc2cc(Cl)cc(I)c2o1. The van der Waals surface area contributed by atoms with Gasteiger partial charge in [-0.3, -0.25) is 0 Å². The van der Waals surface area contributed by atoms with Crippen LogP contribution in [-0.4, -0.2) is 0 Å². The molecule has 1 heterocycles. The van der Waals surface area contributed by atoms with Crippen molar-refractivity contribution in [3.63, 3.8) is 0 Å². The van der Waals surface area contributed by atoms with E-state index in [-0.39, 0.29) is 0 Å². The second-order valence-corrected chi connectivity index (χ2v) is 4.26. The topological polar surface area (TPSA) is 13.1 Å². The lowest BCUT2D eigenvalue weighted by molar-refractivity contribution is 0.577. The minimum Gasteiger partial charge on any atom is -0.460 e. The second-order valence-electron chi connectivity index (χ2n) is 2.66. The third kappa shape index (κ3) is 1.33. The minimum absolute atomic E-state index is 0.757. The van der Waals surface area contributed by atoms with E-state index >= 15 is 0 Å². The van der Waals surface area contributed by atoms with Gasteiger partial charge in [0.15, 0.2) is 0 Å². The fourth-order valence-corrected chi connectivity index (χ4v) is 2.37. The van der Waals surface area contributed by atoms with E-state index < -0.39 is 0 Å². The van der Waals surface area contributed by atoms with Crippen molar-refractivity contribution in [2.24, 2.45) is 0 Å². The average Bonchev–Trinajstić information content (AvgIpc) is 2.29. The zero-order chi connectivity index (χ0) is 8.72. The summed E-state index contributed by atoms with van der Waals surface area (Å²) >= 11 is 8.11. The van der Waals surface area contributed by atoms with Gasteiger partial charge in [-0.15, -0.1) is 0 Å². The first-order valence-electron chi connectivity index (χ1n) is 3.52. The van der Waals surface area contributed by atoms with Crippen molar-refractivity contribution in [3.05, 3.63) is 32.6 Å². The number of fused-ring (bicyclic) bond motifs is 1. The predicted octanol–water partition coefficient (Wildman–Crippen LogP) is 4.00. The first-order chi connectivity index (χ1) is 5.66. The molecule has 2 rings (SSSR count). The molecule has 0 saturated carbocycles. The molecule has 0 fully saturated rings. The quantitative estimate of drug-likeness (QED) is 0.669. The average molecular weight is 293 g/mol. The van der Waals surface area contributed by atoms with E-state index in [1.165, 1.54) is 0 Å². The summed E-state index contributed by atoms with van der Waals surface area (Å²) in [6.45, 7) is 1.93. The smallest absolute Gasteiger partial charge is 0.147 e. The lowest BCUT2D eigenvalue weighted by Crippen LogP contribution is -1.71. The molecule has 0 unspecified atom stereocenters. The summed E-state index contributed by atoms with van der Waals surface area (Å²) in [6.07, 6.45) is 0. The summed E-state index contributed by atoms with van der Waals surface area (Å²) in [5.41, 5.74) is 0.928. The first kappa shape index (κ1) is 8.38. The standard InChI is InChI=1S/C9H6ClIO/c1-5-2-6-3-7(10)4-8(11)9(6)12-5/h2-4H,1H3.